The van der Waals surface area contributed by atoms with Crippen molar-refractivity contribution in [3.8, 4) is 11.3 Å². The number of piperidine rings is 1. The van der Waals surface area contributed by atoms with Crippen LogP contribution in [0.4, 0.5) is 0 Å². The van der Waals surface area contributed by atoms with Gasteiger partial charge in [0.15, 0.2) is 0 Å². The number of carbonyl (C=O) groups excluding carboxylic acids is 1. The van der Waals surface area contributed by atoms with Gasteiger partial charge in [0.05, 0.1) is 11.3 Å². The smallest absolute Gasteiger partial charge is 0.254 e. The molecule has 2 aliphatic heterocycles. The number of amides is 1. The van der Waals surface area contributed by atoms with E-state index in [1.54, 1.807) is 0 Å². The highest BCUT2D eigenvalue weighted by molar-refractivity contribution is 6.12. The Morgan fingerprint density at radius 2 is 1.71 bits per heavy atom. The van der Waals surface area contributed by atoms with Crippen LogP contribution in [0.15, 0.2) is 67.3 Å². The Labute approximate surface area is 190 Å². The van der Waals surface area contributed by atoms with Crippen molar-refractivity contribution >= 4 is 29.2 Å². The van der Waals surface area contributed by atoms with E-state index in [1.807, 2.05) is 36.4 Å². The summed E-state index contributed by atoms with van der Waals surface area (Å²) < 4.78 is 2.15. The van der Waals surface area contributed by atoms with Crippen molar-refractivity contribution in [3.63, 3.8) is 0 Å². The van der Waals surface area contributed by atoms with Gasteiger partial charge >= 0.3 is 0 Å². The summed E-state index contributed by atoms with van der Waals surface area (Å²) in [5.41, 5.74) is 3.94. The quantitative estimate of drug-likeness (QED) is 0.561. The zero-order valence-electron chi connectivity index (χ0n) is 18.0. The number of nitrogens with one attached hydrogen (secondary N) is 1. The van der Waals surface area contributed by atoms with Crippen LogP contribution >= 0.6 is 12.4 Å². The van der Waals surface area contributed by atoms with Crippen molar-refractivity contribution < 1.29 is 4.79 Å². The molecule has 1 amide bonds. The van der Waals surface area contributed by atoms with Crippen LogP contribution < -0.4 is 5.32 Å². The third kappa shape index (κ3) is 3.79. The van der Waals surface area contributed by atoms with E-state index in [-0.39, 0.29) is 24.4 Å². The van der Waals surface area contributed by atoms with E-state index in [1.165, 1.54) is 12.8 Å². The van der Waals surface area contributed by atoms with Crippen LogP contribution in [-0.4, -0.2) is 40.0 Å². The molecule has 2 unspecified atom stereocenters. The maximum Gasteiger partial charge on any atom is 0.254 e. The minimum absolute atomic E-state index is 0. The van der Waals surface area contributed by atoms with Gasteiger partial charge in [0.2, 0.25) is 0 Å². The van der Waals surface area contributed by atoms with Gasteiger partial charge in [0.25, 0.3) is 5.91 Å². The van der Waals surface area contributed by atoms with Crippen molar-refractivity contribution in [1.82, 2.24) is 14.8 Å². The van der Waals surface area contributed by atoms with Crippen molar-refractivity contribution in [2.75, 3.05) is 6.54 Å². The molecule has 2 aliphatic rings. The van der Waals surface area contributed by atoms with Crippen molar-refractivity contribution in [3.05, 3.63) is 72.8 Å². The molecule has 1 N–H and O–H groups in total. The fourth-order valence-electron chi connectivity index (χ4n) is 5.65. The lowest BCUT2D eigenvalue weighted by Crippen LogP contribution is -2.50. The van der Waals surface area contributed by atoms with Crippen LogP contribution in [0.25, 0.3) is 22.2 Å². The first kappa shape index (κ1) is 21.7. The predicted octanol–water partition coefficient (Wildman–Crippen LogP) is 5.18. The zero-order valence-corrected chi connectivity index (χ0v) is 18.8. The molecular formula is C26H30ClN3O. The summed E-state index contributed by atoms with van der Waals surface area (Å²) >= 11 is 0. The predicted molar refractivity (Wildman–Crippen MR) is 130 cm³/mol. The lowest BCUT2D eigenvalue weighted by atomic mass is 9.96. The van der Waals surface area contributed by atoms with Crippen LogP contribution in [0.1, 0.15) is 36.0 Å². The Hall–Kier alpha value is -2.56. The maximum atomic E-state index is 13.6. The molecule has 0 saturated carbocycles. The summed E-state index contributed by atoms with van der Waals surface area (Å²) in [6.07, 6.45) is 6.53. The fraction of sp³-hybridized carbons (Fsp3) is 0.346. The summed E-state index contributed by atoms with van der Waals surface area (Å²) in [4.78, 5) is 16.2. The fourth-order valence-corrected chi connectivity index (χ4v) is 5.65. The third-order valence-corrected chi connectivity index (χ3v) is 6.94. The van der Waals surface area contributed by atoms with Gasteiger partial charge in [-0.25, -0.2) is 0 Å². The number of fused-ring (bicyclic) bond motifs is 3. The molecule has 5 heteroatoms. The standard InChI is InChI=1S/C26H29N3O.ClH/c1-3-15-29-20-13-14-21(29)17-19(16-20)27-26(30)24-22-11-7-8-12-23(22)28(2)25(24)18-9-5-4-6-10-18;/h3-12,19-21H,1,13-17H2,2H3,(H,27,30);1H. The summed E-state index contributed by atoms with van der Waals surface area (Å²) in [6, 6.07) is 19.8. The number of benzene rings is 2. The maximum absolute atomic E-state index is 13.6. The van der Waals surface area contributed by atoms with E-state index < -0.39 is 0 Å². The first-order valence-corrected chi connectivity index (χ1v) is 11.0. The van der Waals surface area contributed by atoms with Crippen LogP contribution in [0.5, 0.6) is 0 Å². The van der Waals surface area contributed by atoms with E-state index in [2.05, 4.69) is 52.7 Å². The van der Waals surface area contributed by atoms with Crippen LogP contribution in [0.3, 0.4) is 0 Å². The highest BCUT2D eigenvalue weighted by Gasteiger charge is 2.40. The lowest BCUT2D eigenvalue weighted by molar-refractivity contribution is 0.0868. The third-order valence-electron chi connectivity index (χ3n) is 6.94. The van der Waals surface area contributed by atoms with E-state index in [0.29, 0.717) is 12.1 Å². The van der Waals surface area contributed by atoms with E-state index in [9.17, 15) is 4.79 Å². The second-order valence-electron chi connectivity index (χ2n) is 8.68. The highest BCUT2D eigenvalue weighted by Crippen LogP contribution is 2.37. The minimum atomic E-state index is 0. The molecule has 2 aromatic carbocycles. The average Bonchev–Trinajstić information content (AvgIpc) is 3.18. The number of nitrogens with zero attached hydrogens (tertiary/aromatic N) is 2. The number of hydrogen-bond donors (Lipinski definition) is 1. The van der Waals surface area contributed by atoms with E-state index >= 15 is 0 Å². The first-order chi connectivity index (χ1) is 14.7. The van der Waals surface area contributed by atoms with Crippen molar-refractivity contribution in [2.45, 2.75) is 43.8 Å². The molecule has 31 heavy (non-hydrogen) atoms. The normalized spacial score (nSPS) is 22.8. The SMILES string of the molecule is C=CCN1C2CCC1CC(NC(=O)c1c(-c3ccccc3)n(C)c3ccccc13)C2.Cl. The number of aryl methyl sites for hydroxylation is 1. The Bertz CT molecular complexity index is 1080. The average molecular weight is 436 g/mol. The molecular weight excluding hydrogens is 406 g/mol. The molecule has 3 heterocycles. The Morgan fingerprint density at radius 1 is 1.06 bits per heavy atom. The Kier molecular flexibility index (Phi) is 6.22. The first-order valence-electron chi connectivity index (χ1n) is 11.0. The Morgan fingerprint density at radius 3 is 2.39 bits per heavy atom. The summed E-state index contributed by atoms with van der Waals surface area (Å²) in [6.45, 7) is 4.87. The molecule has 2 fully saturated rings. The highest BCUT2D eigenvalue weighted by atomic mass is 35.5. The summed E-state index contributed by atoms with van der Waals surface area (Å²) in [7, 11) is 2.05. The van der Waals surface area contributed by atoms with Gasteiger partial charge in [-0.2, -0.15) is 0 Å². The number of para-hydroxylation sites is 1. The van der Waals surface area contributed by atoms with Gasteiger partial charge in [-0.1, -0.05) is 54.6 Å². The molecule has 0 radical (unpaired) electrons. The summed E-state index contributed by atoms with van der Waals surface area (Å²) in [5.74, 6) is 0.0484. The zero-order chi connectivity index (χ0) is 20.7. The molecule has 2 atom stereocenters. The van der Waals surface area contributed by atoms with Crippen LogP contribution in [0, 0.1) is 0 Å². The minimum Gasteiger partial charge on any atom is -0.349 e. The number of carbonyl (C=O) groups is 1. The molecule has 5 rings (SSSR count). The van der Waals surface area contributed by atoms with E-state index in [0.717, 1.165) is 47.1 Å². The van der Waals surface area contributed by atoms with Crippen molar-refractivity contribution in [2.24, 2.45) is 7.05 Å². The van der Waals surface area contributed by atoms with Gasteiger partial charge in [-0.3, -0.25) is 9.69 Å². The molecule has 0 aliphatic carbocycles. The topological polar surface area (TPSA) is 37.3 Å². The second-order valence-corrected chi connectivity index (χ2v) is 8.68. The van der Waals surface area contributed by atoms with Crippen LogP contribution in [0.2, 0.25) is 0 Å². The molecule has 3 aromatic rings. The lowest BCUT2D eigenvalue weighted by Gasteiger charge is -2.38. The van der Waals surface area contributed by atoms with E-state index in [4.69, 9.17) is 0 Å². The summed E-state index contributed by atoms with van der Waals surface area (Å²) in [5, 5.41) is 4.43. The van der Waals surface area contributed by atoms with Crippen LogP contribution in [-0.2, 0) is 7.05 Å². The monoisotopic (exact) mass is 435 g/mol. The largest absolute Gasteiger partial charge is 0.349 e. The molecule has 2 bridgehead atoms. The number of hydrogen-bond acceptors (Lipinski definition) is 2. The van der Waals surface area contributed by atoms with Gasteiger partial charge in [-0.05, 0) is 37.3 Å². The van der Waals surface area contributed by atoms with Gasteiger partial charge in [0, 0.05) is 42.6 Å². The van der Waals surface area contributed by atoms with Gasteiger partial charge in [0.1, 0.15) is 0 Å². The molecule has 162 valence electrons. The number of aromatic nitrogens is 1. The second kappa shape index (κ2) is 8.89. The van der Waals surface area contributed by atoms with Gasteiger partial charge in [-0.15, -0.1) is 19.0 Å². The molecule has 4 nitrogen and oxygen atoms in total. The molecule has 0 spiro atoms. The number of rotatable bonds is 5. The molecule has 1 aromatic heterocycles. The molecule has 2 saturated heterocycles. The van der Waals surface area contributed by atoms with Crippen molar-refractivity contribution in [1.29, 1.82) is 0 Å². The number of halogens is 1. The van der Waals surface area contributed by atoms with Gasteiger partial charge < -0.3 is 9.88 Å². The Balaban J connectivity index is 0.00000231.